The molecular formula is C29H27FN4O6. The Balaban J connectivity index is 1.72. The van der Waals surface area contributed by atoms with Gasteiger partial charge in [-0.05, 0) is 65.4 Å². The molecule has 4 aromatic rings. The highest BCUT2D eigenvalue weighted by atomic mass is 19.1. The largest absolute Gasteiger partial charge is 0.496 e. The molecule has 0 spiro atoms. The van der Waals surface area contributed by atoms with Crippen molar-refractivity contribution in [1.29, 1.82) is 0 Å². The second-order valence-electron chi connectivity index (χ2n) is 9.08. The molecule has 0 bridgehead atoms. The molecular weight excluding hydrogens is 519 g/mol. The number of carbonyl (C=O) groups is 2. The van der Waals surface area contributed by atoms with Gasteiger partial charge in [-0.15, -0.1) is 0 Å². The average molecular weight is 547 g/mol. The van der Waals surface area contributed by atoms with E-state index < -0.39 is 29.1 Å². The maximum absolute atomic E-state index is 15.0. The van der Waals surface area contributed by atoms with Crippen LogP contribution in [0.3, 0.4) is 0 Å². The lowest BCUT2D eigenvalue weighted by Crippen LogP contribution is -2.37. The summed E-state index contributed by atoms with van der Waals surface area (Å²) < 4.78 is 21.2. The molecule has 10 nitrogen and oxygen atoms in total. The zero-order chi connectivity index (χ0) is 29.1. The number of aromatic amines is 1. The zero-order valence-corrected chi connectivity index (χ0v) is 22.2. The molecule has 0 unspecified atom stereocenters. The molecule has 0 fully saturated rings. The van der Waals surface area contributed by atoms with Gasteiger partial charge in [-0.25, -0.2) is 14.0 Å². The fraction of sp³-hybridized carbons (Fsp3) is 0.172. The van der Waals surface area contributed by atoms with E-state index in [0.717, 1.165) is 38.6 Å². The van der Waals surface area contributed by atoms with Crippen LogP contribution in [0.1, 0.15) is 27.0 Å². The van der Waals surface area contributed by atoms with E-state index in [1.54, 1.807) is 18.2 Å². The standard InChI is InChI=1S/C29H27FN4O6/c1-15-18(17-11-23(30)21(13-32-29(38)39)25(12-17)40-4)7-5-8-19(15)20-9-6-10-24(16(20)2)33-26(35)22-14-31-28(37)34(3)27(22)36/h5-12,14,32H,13H2,1-4H3,(H,31,37)(H,33,35)(H,38,39). The summed E-state index contributed by atoms with van der Waals surface area (Å²) in [7, 11) is 2.67. The molecule has 0 aliphatic carbocycles. The third kappa shape index (κ3) is 5.35. The number of hydrogen-bond acceptors (Lipinski definition) is 5. The van der Waals surface area contributed by atoms with Gasteiger partial charge < -0.3 is 25.5 Å². The summed E-state index contributed by atoms with van der Waals surface area (Å²) in [6.07, 6.45) is -0.188. The molecule has 2 amide bonds. The first kappa shape index (κ1) is 27.8. The van der Waals surface area contributed by atoms with E-state index in [2.05, 4.69) is 15.6 Å². The highest BCUT2D eigenvalue weighted by Gasteiger charge is 2.18. The Morgan fingerprint density at radius 1 is 1.02 bits per heavy atom. The van der Waals surface area contributed by atoms with Crippen molar-refractivity contribution in [3.63, 3.8) is 0 Å². The van der Waals surface area contributed by atoms with Crippen molar-refractivity contribution in [1.82, 2.24) is 14.9 Å². The number of amides is 2. The zero-order valence-electron chi connectivity index (χ0n) is 22.2. The highest BCUT2D eigenvalue weighted by molar-refractivity contribution is 6.04. The second kappa shape index (κ2) is 11.3. The third-order valence-electron chi connectivity index (χ3n) is 6.73. The summed E-state index contributed by atoms with van der Waals surface area (Å²) >= 11 is 0. The van der Waals surface area contributed by atoms with Crippen LogP contribution in [-0.4, -0.2) is 33.8 Å². The first-order chi connectivity index (χ1) is 19.0. The lowest BCUT2D eigenvalue weighted by Gasteiger charge is -2.18. The summed E-state index contributed by atoms with van der Waals surface area (Å²) in [6.45, 7) is 3.48. The SMILES string of the molecule is COc1cc(-c2cccc(-c3cccc(NC(=O)c4c[nH]c(=O)n(C)c4=O)c3C)c2C)cc(F)c1CNC(=O)O. The van der Waals surface area contributed by atoms with Crippen LogP contribution in [0.5, 0.6) is 5.75 Å². The van der Waals surface area contributed by atoms with Gasteiger partial charge in [0.15, 0.2) is 0 Å². The molecule has 0 aliphatic rings. The highest BCUT2D eigenvalue weighted by Crippen LogP contribution is 2.37. The van der Waals surface area contributed by atoms with Crippen molar-refractivity contribution < 1.29 is 23.8 Å². The molecule has 11 heteroatoms. The van der Waals surface area contributed by atoms with Crippen molar-refractivity contribution in [2.75, 3.05) is 12.4 Å². The molecule has 0 aliphatic heterocycles. The number of methoxy groups -OCH3 is 1. The lowest BCUT2D eigenvalue weighted by atomic mass is 9.90. The molecule has 4 N–H and O–H groups in total. The van der Waals surface area contributed by atoms with Crippen LogP contribution in [0.2, 0.25) is 0 Å². The number of halogens is 1. The van der Waals surface area contributed by atoms with E-state index in [-0.39, 0.29) is 23.4 Å². The predicted octanol–water partition coefficient (Wildman–Crippen LogP) is 4.19. The Bertz CT molecular complexity index is 1760. The monoisotopic (exact) mass is 546 g/mol. The average Bonchev–Trinajstić information content (AvgIpc) is 2.92. The van der Waals surface area contributed by atoms with Crippen LogP contribution in [0.25, 0.3) is 22.3 Å². The van der Waals surface area contributed by atoms with E-state index in [1.165, 1.54) is 20.2 Å². The summed E-state index contributed by atoms with van der Waals surface area (Å²) in [6, 6.07) is 13.9. The molecule has 206 valence electrons. The van der Waals surface area contributed by atoms with E-state index >= 15 is 4.39 Å². The van der Waals surface area contributed by atoms with Gasteiger partial charge in [-0.3, -0.25) is 14.2 Å². The van der Waals surface area contributed by atoms with E-state index in [9.17, 15) is 19.2 Å². The number of nitrogens with one attached hydrogen (secondary N) is 3. The number of H-pyrrole nitrogens is 1. The van der Waals surface area contributed by atoms with Gasteiger partial charge in [-0.1, -0.05) is 30.3 Å². The number of carbonyl (C=O) groups excluding carboxylic acids is 1. The van der Waals surface area contributed by atoms with Crippen LogP contribution in [-0.2, 0) is 13.6 Å². The van der Waals surface area contributed by atoms with Crippen molar-refractivity contribution in [2.45, 2.75) is 20.4 Å². The fourth-order valence-corrected chi connectivity index (χ4v) is 4.51. The predicted molar refractivity (Wildman–Crippen MR) is 148 cm³/mol. The number of rotatable bonds is 7. The van der Waals surface area contributed by atoms with Gasteiger partial charge in [0.05, 0.1) is 13.7 Å². The number of carboxylic acid groups (broad SMARTS) is 1. The minimum Gasteiger partial charge on any atom is -0.496 e. The summed E-state index contributed by atoms with van der Waals surface area (Å²) in [4.78, 5) is 50.2. The topological polar surface area (TPSA) is 143 Å². The Labute approximate surface area is 228 Å². The number of benzene rings is 3. The molecule has 4 rings (SSSR count). The Morgan fingerprint density at radius 3 is 2.35 bits per heavy atom. The van der Waals surface area contributed by atoms with E-state index in [0.29, 0.717) is 11.3 Å². The van der Waals surface area contributed by atoms with E-state index in [1.807, 2.05) is 38.1 Å². The van der Waals surface area contributed by atoms with Gasteiger partial charge in [0.25, 0.3) is 11.5 Å². The van der Waals surface area contributed by atoms with Gasteiger partial charge in [0.2, 0.25) is 0 Å². The van der Waals surface area contributed by atoms with Crippen molar-refractivity contribution >= 4 is 17.7 Å². The van der Waals surface area contributed by atoms with Gasteiger partial charge in [0.1, 0.15) is 17.1 Å². The lowest BCUT2D eigenvalue weighted by molar-refractivity contribution is 0.102. The molecule has 3 aromatic carbocycles. The van der Waals surface area contributed by atoms with E-state index in [4.69, 9.17) is 9.84 Å². The normalized spacial score (nSPS) is 10.7. The smallest absolute Gasteiger partial charge is 0.404 e. The minimum absolute atomic E-state index is 0.0964. The Kier molecular flexibility index (Phi) is 7.85. The number of ether oxygens (including phenoxy) is 1. The summed E-state index contributed by atoms with van der Waals surface area (Å²) in [5, 5.41) is 13.8. The molecule has 0 saturated heterocycles. The number of hydrogen-bond donors (Lipinski definition) is 4. The van der Waals surface area contributed by atoms with Crippen LogP contribution >= 0.6 is 0 Å². The molecule has 1 heterocycles. The molecule has 0 saturated carbocycles. The fourth-order valence-electron chi connectivity index (χ4n) is 4.51. The van der Waals surface area contributed by atoms with Crippen LogP contribution in [0.4, 0.5) is 14.9 Å². The number of nitrogens with zero attached hydrogens (tertiary/aromatic N) is 1. The number of aromatic nitrogens is 2. The minimum atomic E-state index is -1.27. The van der Waals surface area contributed by atoms with Crippen molar-refractivity contribution in [3.05, 3.63) is 104 Å². The van der Waals surface area contributed by atoms with Crippen LogP contribution in [0, 0.1) is 19.7 Å². The van der Waals surface area contributed by atoms with Gasteiger partial charge >= 0.3 is 11.8 Å². The second-order valence-corrected chi connectivity index (χ2v) is 9.08. The molecule has 0 radical (unpaired) electrons. The van der Waals surface area contributed by atoms with Gasteiger partial charge in [0, 0.05) is 24.5 Å². The molecule has 0 atom stereocenters. The summed E-state index contributed by atoms with van der Waals surface area (Å²) in [5.74, 6) is -1.06. The first-order valence-corrected chi connectivity index (χ1v) is 12.2. The molecule has 40 heavy (non-hydrogen) atoms. The maximum atomic E-state index is 15.0. The van der Waals surface area contributed by atoms with Crippen LogP contribution < -0.4 is 26.6 Å². The quantitative estimate of drug-likeness (QED) is 0.274. The maximum Gasteiger partial charge on any atom is 0.404 e. The summed E-state index contributed by atoms with van der Waals surface area (Å²) in [5.41, 5.74) is 3.51. The molecule has 1 aromatic heterocycles. The Hall–Kier alpha value is -5.19. The van der Waals surface area contributed by atoms with Gasteiger partial charge in [-0.2, -0.15) is 0 Å². The van der Waals surface area contributed by atoms with Crippen molar-refractivity contribution in [2.24, 2.45) is 7.05 Å². The van der Waals surface area contributed by atoms with Crippen LogP contribution in [0.15, 0.2) is 64.3 Å². The third-order valence-corrected chi connectivity index (χ3v) is 6.73. The first-order valence-electron chi connectivity index (χ1n) is 12.2. The van der Waals surface area contributed by atoms with Crippen molar-refractivity contribution in [3.8, 4) is 28.0 Å². The number of anilines is 1. The Morgan fingerprint density at radius 2 is 1.68 bits per heavy atom.